The molecule has 6 aromatic heterocycles. The summed E-state index contributed by atoms with van der Waals surface area (Å²) in [6.07, 6.45) is 8.88. The van der Waals surface area contributed by atoms with Gasteiger partial charge in [-0.1, -0.05) is 0 Å². The van der Waals surface area contributed by atoms with Crippen molar-refractivity contribution in [3.05, 3.63) is 71.8 Å². The average Bonchev–Trinajstić information content (AvgIpc) is 3.69. The first kappa shape index (κ1) is 23.1. The van der Waals surface area contributed by atoms with Gasteiger partial charge in [0.25, 0.3) is 5.92 Å². The fraction of sp³-hybridized carbons (Fsp3) is 0.214. The summed E-state index contributed by atoms with van der Waals surface area (Å²) >= 11 is 1.75. The number of aryl methyl sites for hydroxylation is 1. The molecule has 0 unspecified atom stereocenters. The van der Waals surface area contributed by atoms with Gasteiger partial charge in [-0.25, -0.2) is 8.78 Å². The summed E-state index contributed by atoms with van der Waals surface area (Å²) in [7, 11) is 0. The Balaban J connectivity index is 1.24. The Morgan fingerprint density at radius 1 is 1.00 bits per heavy atom. The largest absolute Gasteiger partial charge is 0.352 e. The van der Waals surface area contributed by atoms with Crippen molar-refractivity contribution in [3.63, 3.8) is 0 Å². The van der Waals surface area contributed by atoms with Gasteiger partial charge in [0.2, 0.25) is 0 Å². The fourth-order valence-corrected chi connectivity index (χ4v) is 6.04. The predicted octanol–water partition coefficient (Wildman–Crippen LogP) is 6.44. The van der Waals surface area contributed by atoms with Gasteiger partial charge in [0.15, 0.2) is 0 Å². The van der Waals surface area contributed by atoms with Gasteiger partial charge in [0.1, 0.15) is 5.69 Å². The predicted molar refractivity (Wildman–Crippen MR) is 145 cm³/mol. The second kappa shape index (κ2) is 8.78. The average molecular weight is 528 g/mol. The molecule has 0 spiro atoms. The number of likely N-dealkylation sites (tertiary alicyclic amines) is 1. The molecule has 6 aromatic rings. The summed E-state index contributed by atoms with van der Waals surface area (Å²) in [5.41, 5.74) is 6.98. The highest BCUT2D eigenvalue weighted by Crippen LogP contribution is 2.36. The Kier molecular flexibility index (Phi) is 5.34. The maximum absolute atomic E-state index is 13.6. The van der Waals surface area contributed by atoms with E-state index in [1.165, 1.54) is 9.75 Å². The van der Waals surface area contributed by atoms with Gasteiger partial charge in [0.05, 0.1) is 41.4 Å². The first-order valence-electron chi connectivity index (χ1n) is 12.3. The molecule has 0 radical (unpaired) electrons. The molecular formula is C28H23F2N7S. The molecule has 0 amide bonds. The molecule has 1 fully saturated rings. The normalized spacial score (nSPS) is 15.7. The molecule has 1 saturated heterocycles. The van der Waals surface area contributed by atoms with E-state index in [1.807, 2.05) is 24.5 Å². The van der Waals surface area contributed by atoms with E-state index in [0.29, 0.717) is 13.1 Å². The van der Waals surface area contributed by atoms with E-state index in [9.17, 15) is 8.78 Å². The van der Waals surface area contributed by atoms with Crippen molar-refractivity contribution in [1.29, 1.82) is 0 Å². The van der Waals surface area contributed by atoms with E-state index < -0.39 is 5.92 Å². The SMILES string of the molecule is Cc1ccc(-c2cncc3[nH]c(-c4n[nH]c5cnc(-c6cncc(CN7CCC(F)(F)C7)c6)cc45)cc23)s1. The number of thiophene rings is 1. The molecule has 0 aliphatic carbocycles. The number of aromatic nitrogens is 6. The number of pyridine rings is 3. The lowest BCUT2D eigenvalue weighted by Crippen LogP contribution is -2.24. The number of hydrogen-bond acceptors (Lipinski definition) is 6. The molecular weight excluding hydrogens is 504 g/mol. The van der Waals surface area contributed by atoms with Crippen LogP contribution in [-0.2, 0) is 6.54 Å². The minimum absolute atomic E-state index is 0.0973. The summed E-state index contributed by atoms with van der Waals surface area (Å²) < 4.78 is 27.3. The maximum atomic E-state index is 13.6. The number of halogens is 2. The molecule has 38 heavy (non-hydrogen) atoms. The number of aromatic amines is 2. The van der Waals surface area contributed by atoms with Crippen molar-refractivity contribution in [2.75, 3.05) is 13.1 Å². The van der Waals surface area contributed by atoms with Gasteiger partial charge in [-0.3, -0.25) is 25.0 Å². The first-order valence-corrected chi connectivity index (χ1v) is 13.2. The van der Waals surface area contributed by atoms with Crippen LogP contribution in [0.3, 0.4) is 0 Å². The Labute approximate surface area is 220 Å². The minimum atomic E-state index is -2.61. The fourth-order valence-electron chi connectivity index (χ4n) is 5.15. The Hall–Kier alpha value is -4.02. The molecule has 0 bridgehead atoms. The van der Waals surface area contributed by atoms with Crippen LogP contribution in [0, 0.1) is 6.92 Å². The summed E-state index contributed by atoms with van der Waals surface area (Å²) in [5.74, 6) is -2.61. The topological polar surface area (TPSA) is 86.4 Å². The van der Waals surface area contributed by atoms with Gasteiger partial charge >= 0.3 is 0 Å². The van der Waals surface area contributed by atoms with Crippen molar-refractivity contribution in [1.82, 2.24) is 35.0 Å². The van der Waals surface area contributed by atoms with Crippen molar-refractivity contribution in [3.8, 4) is 33.1 Å². The zero-order valence-corrected chi connectivity index (χ0v) is 21.3. The van der Waals surface area contributed by atoms with Gasteiger partial charge in [-0.15, -0.1) is 11.3 Å². The van der Waals surface area contributed by atoms with E-state index in [1.54, 1.807) is 34.8 Å². The molecule has 7 nitrogen and oxygen atoms in total. The second-order valence-corrected chi connectivity index (χ2v) is 11.1. The van der Waals surface area contributed by atoms with E-state index in [4.69, 9.17) is 0 Å². The van der Waals surface area contributed by atoms with Gasteiger partial charge in [0, 0.05) is 69.8 Å². The smallest absolute Gasteiger partial charge is 0.261 e. The molecule has 1 aliphatic heterocycles. The summed E-state index contributed by atoms with van der Waals surface area (Å²) in [6, 6.07) is 10.3. The standard InChI is InChI=1S/C28H23F2N7S/c1-16-2-3-26(38-16)21-11-32-12-24-19(21)7-23(34-24)27-20-8-22(33-13-25(20)35-36-27)18-6-17(9-31-10-18)14-37-5-4-28(29,30)15-37/h2-3,6-13,34H,4-5,14-15H2,1H3,(H,35,36). The monoisotopic (exact) mass is 527 g/mol. The van der Waals surface area contributed by atoms with Crippen LogP contribution in [0.15, 0.2) is 61.3 Å². The van der Waals surface area contributed by atoms with Crippen LogP contribution in [0.2, 0.25) is 0 Å². The number of rotatable bonds is 5. The molecule has 0 aromatic carbocycles. The molecule has 0 saturated carbocycles. The molecule has 7 rings (SSSR count). The molecule has 190 valence electrons. The number of fused-ring (bicyclic) bond motifs is 2. The van der Waals surface area contributed by atoms with E-state index >= 15 is 0 Å². The molecule has 2 N–H and O–H groups in total. The van der Waals surface area contributed by atoms with Crippen LogP contribution in [0.4, 0.5) is 8.78 Å². The van der Waals surface area contributed by atoms with Crippen molar-refractivity contribution < 1.29 is 8.78 Å². The lowest BCUT2D eigenvalue weighted by atomic mass is 10.1. The summed E-state index contributed by atoms with van der Waals surface area (Å²) in [5, 5.41) is 9.69. The van der Waals surface area contributed by atoms with Crippen LogP contribution in [0.5, 0.6) is 0 Å². The minimum Gasteiger partial charge on any atom is -0.352 e. The highest BCUT2D eigenvalue weighted by Gasteiger charge is 2.37. The molecule has 10 heteroatoms. The van der Waals surface area contributed by atoms with Gasteiger partial charge < -0.3 is 4.98 Å². The maximum Gasteiger partial charge on any atom is 0.261 e. The van der Waals surface area contributed by atoms with Crippen LogP contribution >= 0.6 is 11.3 Å². The molecule has 0 atom stereocenters. The number of H-pyrrole nitrogens is 2. The Morgan fingerprint density at radius 3 is 2.71 bits per heavy atom. The highest BCUT2D eigenvalue weighted by atomic mass is 32.1. The van der Waals surface area contributed by atoms with E-state index in [2.05, 4.69) is 55.3 Å². The zero-order valence-electron chi connectivity index (χ0n) is 20.5. The number of hydrogen-bond donors (Lipinski definition) is 2. The third-order valence-corrected chi connectivity index (χ3v) is 8.03. The van der Waals surface area contributed by atoms with Crippen molar-refractivity contribution >= 4 is 33.1 Å². The second-order valence-electron chi connectivity index (χ2n) is 9.83. The third-order valence-electron chi connectivity index (χ3n) is 7.00. The van der Waals surface area contributed by atoms with Gasteiger partial charge in [-0.05, 0) is 42.8 Å². The summed E-state index contributed by atoms with van der Waals surface area (Å²) in [4.78, 5) is 21.1. The van der Waals surface area contributed by atoms with E-state index in [0.717, 1.165) is 55.6 Å². The Morgan fingerprint density at radius 2 is 1.89 bits per heavy atom. The summed E-state index contributed by atoms with van der Waals surface area (Å²) in [6.45, 7) is 2.70. The molecule has 1 aliphatic rings. The number of alkyl halides is 2. The van der Waals surface area contributed by atoms with Crippen molar-refractivity contribution in [2.24, 2.45) is 0 Å². The van der Waals surface area contributed by atoms with Crippen molar-refractivity contribution in [2.45, 2.75) is 25.8 Å². The Bertz CT molecular complexity index is 1800. The van der Waals surface area contributed by atoms with Crippen LogP contribution in [0.25, 0.3) is 54.9 Å². The quantitative estimate of drug-likeness (QED) is 0.269. The van der Waals surface area contributed by atoms with Crippen LogP contribution in [0.1, 0.15) is 16.9 Å². The number of nitrogens with one attached hydrogen (secondary N) is 2. The van der Waals surface area contributed by atoms with E-state index in [-0.39, 0.29) is 13.0 Å². The third kappa shape index (κ3) is 4.15. The first-order chi connectivity index (χ1) is 18.4. The lowest BCUT2D eigenvalue weighted by Gasteiger charge is -2.15. The highest BCUT2D eigenvalue weighted by molar-refractivity contribution is 7.15. The molecule has 7 heterocycles. The zero-order chi connectivity index (χ0) is 25.9. The van der Waals surface area contributed by atoms with Crippen LogP contribution in [-0.4, -0.2) is 54.0 Å². The van der Waals surface area contributed by atoms with Crippen LogP contribution < -0.4 is 0 Å². The number of nitrogens with zero attached hydrogens (tertiary/aromatic N) is 5. The van der Waals surface area contributed by atoms with Gasteiger partial charge in [-0.2, -0.15) is 5.10 Å². The lowest BCUT2D eigenvalue weighted by molar-refractivity contribution is 0.0115.